The van der Waals surface area contributed by atoms with Crippen LogP contribution in [0.25, 0.3) is 0 Å². The van der Waals surface area contributed by atoms with Crippen LogP contribution >= 0.6 is 7.37 Å². The van der Waals surface area contributed by atoms with Gasteiger partial charge in [-0.05, 0) is 76.2 Å². The summed E-state index contributed by atoms with van der Waals surface area (Å²) in [6, 6.07) is -0.746. The summed E-state index contributed by atoms with van der Waals surface area (Å²) < 4.78 is 30.3. The molecular weight excluding hydrogens is 647 g/mol. The molecule has 49 heavy (non-hydrogen) atoms. The van der Waals surface area contributed by atoms with Gasteiger partial charge in [0.05, 0.1) is 13.2 Å². The molecule has 2 unspecified atom stereocenters. The Morgan fingerprint density at radius 1 is 0.980 bits per heavy atom. The average molecular weight is 711 g/mol. The summed E-state index contributed by atoms with van der Waals surface area (Å²) in [5.74, 6) is -0.395. The Bertz CT molecular complexity index is 1170. The quantitative estimate of drug-likeness (QED) is 0.176. The third-order valence-corrected chi connectivity index (χ3v) is 12.4. The van der Waals surface area contributed by atoms with Crippen molar-refractivity contribution in [2.24, 2.45) is 11.3 Å². The summed E-state index contributed by atoms with van der Waals surface area (Å²) in [7, 11) is -3.24. The standard InChI is InChI=1S/C36H63N4O8P/c1-6-47-49(5,44)26-32(41)40-31-25-38(28-17-19-37(24-28)18-11-13-21-46-33-16-10-12-20-45-33)34(42)29(23-36(2,3)4)39(31)35(43)30(48-40)22-27-14-8-7-9-15-27/h27-31,33H,6-26H2,1-5H3/t28-,29+,30-,31+,33?,49?/m1/s1. The molecule has 0 spiro atoms. The molecule has 0 radical (unpaired) electrons. The van der Waals surface area contributed by atoms with E-state index in [-0.39, 0.29) is 48.9 Å². The number of piperazine rings is 1. The van der Waals surface area contributed by atoms with E-state index in [4.69, 9.17) is 18.8 Å². The Morgan fingerprint density at radius 2 is 1.73 bits per heavy atom. The molecule has 1 aliphatic carbocycles. The predicted octanol–water partition coefficient (Wildman–Crippen LogP) is 5.24. The number of hydrogen-bond donors (Lipinski definition) is 0. The number of rotatable bonds is 14. The summed E-state index contributed by atoms with van der Waals surface area (Å²) in [4.78, 5) is 55.2. The maximum absolute atomic E-state index is 14.5. The van der Waals surface area contributed by atoms with Crippen molar-refractivity contribution in [3.63, 3.8) is 0 Å². The number of fused-ring (bicyclic) bond motifs is 1. The summed E-state index contributed by atoms with van der Waals surface area (Å²) in [6.07, 6.45) is 10.5. The van der Waals surface area contributed by atoms with Crippen LogP contribution in [0.4, 0.5) is 0 Å². The van der Waals surface area contributed by atoms with Crippen LogP contribution in [0.15, 0.2) is 0 Å². The zero-order valence-corrected chi connectivity index (χ0v) is 31.7. The first-order valence-electron chi connectivity index (χ1n) is 19.1. The van der Waals surface area contributed by atoms with Crippen LogP contribution in [0.1, 0.15) is 111 Å². The monoisotopic (exact) mass is 710 g/mol. The number of carbonyl (C=O) groups is 3. The molecule has 4 saturated heterocycles. The number of hydrogen-bond acceptors (Lipinski definition) is 9. The van der Waals surface area contributed by atoms with E-state index in [9.17, 15) is 18.9 Å². The van der Waals surface area contributed by atoms with Crippen molar-refractivity contribution in [3.05, 3.63) is 0 Å². The second kappa shape index (κ2) is 17.3. The van der Waals surface area contributed by atoms with Crippen molar-refractivity contribution in [2.75, 3.05) is 58.8 Å². The van der Waals surface area contributed by atoms with Crippen LogP contribution < -0.4 is 0 Å². The van der Waals surface area contributed by atoms with Crippen molar-refractivity contribution in [1.29, 1.82) is 0 Å². The molecule has 0 aromatic carbocycles. The maximum Gasteiger partial charge on any atom is 0.257 e. The van der Waals surface area contributed by atoms with E-state index in [1.54, 1.807) is 11.8 Å². The second-order valence-corrected chi connectivity index (χ2v) is 18.9. The van der Waals surface area contributed by atoms with Gasteiger partial charge in [-0.1, -0.05) is 52.9 Å². The summed E-state index contributed by atoms with van der Waals surface area (Å²) in [5.41, 5.74) is -0.249. The van der Waals surface area contributed by atoms with Gasteiger partial charge in [-0.2, -0.15) is 5.06 Å². The topological polar surface area (TPSA) is 118 Å². The van der Waals surface area contributed by atoms with Crippen LogP contribution in [0.2, 0.25) is 0 Å². The van der Waals surface area contributed by atoms with Gasteiger partial charge in [0.25, 0.3) is 11.8 Å². The number of ether oxygens (including phenoxy) is 2. The van der Waals surface area contributed by atoms with E-state index in [1.165, 1.54) is 18.1 Å². The highest BCUT2D eigenvalue weighted by Crippen LogP contribution is 2.44. The Labute approximate surface area is 294 Å². The molecule has 5 fully saturated rings. The van der Waals surface area contributed by atoms with E-state index in [0.29, 0.717) is 25.4 Å². The summed E-state index contributed by atoms with van der Waals surface area (Å²) in [5, 5.41) is 1.31. The molecule has 0 aromatic rings. The van der Waals surface area contributed by atoms with Gasteiger partial charge in [-0.25, -0.2) is 0 Å². The van der Waals surface area contributed by atoms with Gasteiger partial charge in [0.2, 0.25) is 13.3 Å². The van der Waals surface area contributed by atoms with E-state index in [0.717, 1.165) is 90.4 Å². The van der Waals surface area contributed by atoms with Gasteiger partial charge >= 0.3 is 0 Å². The average Bonchev–Trinajstić information content (AvgIpc) is 3.52. The molecule has 280 valence electrons. The molecule has 12 nitrogen and oxygen atoms in total. The lowest BCUT2D eigenvalue weighted by molar-refractivity contribution is -0.277. The van der Waals surface area contributed by atoms with E-state index in [1.807, 2.05) is 4.90 Å². The number of unbranched alkanes of at least 4 members (excludes halogenated alkanes) is 1. The Hall–Kier alpha value is -1.56. The Balaban J connectivity index is 1.31. The highest BCUT2D eigenvalue weighted by molar-refractivity contribution is 7.59. The van der Waals surface area contributed by atoms with Gasteiger partial charge in [0.15, 0.2) is 18.6 Å². The fraction of sp³-hybridized carbons (Fsp3) is 0.917. The number of hydroxylamine groups is 2. The molecule has 1 saturated carbocycles. The number of carbonyl (C=O) groups excluding carboxylic acids is 3. The first-order valence-corrected chi connectivity index (χ1v) is 21.4. The maximum atomic E-state index is 14.5. The lowest BCUT2D eigenvalue weighted by Gasteiger charge is -2.55. The molecule has 0 aromatic heterocycles. The van der Waals surface area contributed by atoms with Crippen LogP contribution in [0.3, 0.4) is 0 Å². The van der Waals surface area contributed by atoms with Gasteiger partial charge in [0, 0.05) is 39.0 Å². The largest absolute Gasteiger partial charge is 0.353 e. The SMILES string of the molecule is CCOP(C)(=O)CC(=O)N1O[C@H](CC2CCCCC2)C(=O)N2[C@@H]1CN([C@@H]1CCN(CCCCOC3CCCCO3)C1)C(=O)[C@@H]2CC(C)(C)C. The lowest BCUT2D eigenvalue weighted by Crippen LogP contribution is -2.75. The summed E-state index contributed by atoms with van der Waals surface area (Å²) >= 11 is 0. The van der Waals surface area contributed by atoms with E-state index < -0.39 is 31.6 Å². The molecule has 5 rings (SSSR count). The zero-order valence-electron chi connectivity index (χ0n) is 30.8. The van der Waals surface area contributed by atoms with Gasteiger partial charge in [-0.15, -0.1) is 0 Å². The molecule has 0 bridgehead atoms. The molecule has 4 heterocycles. The highest BCUT2D eigenvalue weighted by atomic mass is 31.2. The minimum atomic E-state index is -3.24. The fourth-order valence-electron chi connectivity index (χ4n) is 8.37. The molecular formula is C36H63N4O8P. The van der Waals surface area contributed by atoms with Gasteiger partial charge in [-0.3, -0.25) is 23.8 Å². The second-order valence-electron chi connectivity index (χ2n) is 16.3. The summed E-state index contributed by atoms with van der Waals surface area (Å²) in [6.45, 7) is 13.9. The third-order valence-electron chi connectivity index (χ3n) is 10.8. The molecule has 5 aliphatic rings. The van der Waals surface area contributed by atoms with Crippen LogP contribution in [-0.2, 0) is 37.8 Å². The van der Waals surface area contributed by atoms with Crippen LogP contribution in [-0.4, -0.2) is 127 Å². The molecule has 6 atom stereocenters. The van der Waals surface area contributed by atoms with Crippen LogP contribution in [0.5, 0.6) is 0 Å². The van der Waals surface area contributed by atoms with Crippen molar-refractivity contribution in [1.82, 2.24) is 19.8 Å². The lowest BCUT2D eigenvalue weighted by atomic mass is 9.83. The highest BCUT2D eigenvalue weighted by Gasteiger charge is 2.55. The fourth-order valence-corrected chi connectivity index (χ4v) is 9.63. The molecule has 0 N–H and O–H groups in total. The van der Waals surface area contributed by atoms with Crippen molar-refractivity contribution >= 4 is 25.1 Å². The van der Waals surface area contributed by atoms with Crippen LogP contribution in [0, 0.1) is 11.3 Å². The smallest absolute Gasteiger partial charge is 0.257 e. The first-order chi connectivity index (χ1) is 23.3. The number of nitrogens with zero attached hydrogens (tertiary/aromatic N) is 4. The molecule has 13 heteroatoms. The first kappa shape index (κ1) is 38.7. The molecule has 3 amide bonds. The number of likely N-dealkylation sites (tertiary alicyclic amines) is 1. The Morgan fingerprint density at radius 3 is 2.43 bits per heavy atom. The van der Waals surface area contributed by atoms with E-state index in [2.05, 4.69) is 25.7 Å². The predicted molar refractivity (Wildman–Crippen MR) is 187 cm³/mol. The minimum Gasteiger partial charge on any atom is -0.353 e. The van der Waals surface area contributed by atoms with Gasteiger partial charge in [0.1, 0.15) is 12.2 Å². The van der Waals surface area contributed by atoms with E-state index >= 15 is 0 Å². The Kier molecular flexibility index (Phi) is 13.7. The number of amides is 3. The van der Waals surface area contributed by atoms with Crippen molar-refractivity contribution in [3.8, 4) is 0 Å². The third kappa shape index (κ3) is 10.5. The minimum absolute atomic E-state index is 0.0308. The van der Waals surface area contributed by atoms with Crippen molar-refractivity contribution < 1.29 is 37.8 Å². The normalized spacial score (nSPS) is 30.5. The van der Waals surface area contributed by atoms with Crippen molar-refractivity contribution in [2.45, 2.75) is 142 Å². The van der Waals surface area contributed by atoms with Gasteiger partial charge < -0.3 is 28.7 Å². The zero-order chi connectivity index (χ0) is 35.2. The molecule has 4 aliphatic heterocycles.